The highest BCUT2D eigenvalue weighted by Gasteiger charge is 2.15. The van der Waals surface area contributed by atoms with Crippen LogP contribution in [0.5, 0.6) is 0 Å². The first-order valence-corrected chi connectivity index (χ1v) is 5.21. The number of nitrogens with one attached hydrogen (secondary N) is 1. The molecule has 0 aromatic heterocycles. The molecule has 0 aromatic rings. The van der Waals surface area contributed by atoms with Gasteiger partial charge in [-0.25, -0.2) is 0 Å². The third-order valence-corrected chi connectivity index (χ3v) is 2.67. The molecule has 1 aliphatic heterocycles. The van der Waals surface area contributed by atoms with Gasteiger partial charge in [0.05, 0.1) is 0 Å². The Balaban J connectivity index is 2.44. The summed E-state index contributed by atoms with van der Waals surface area (Å²) in [7, 11) is 2.03. The fourth-order valence-corrected chi connectivity index (χ4v) is 1.63. The summed E-state index contributed by atoms with van der Waals surface area (Å²) in [5.41, 5.74) is 1.27. The average Bonchev–Trinajstić information content (AvgIpc) is 2.19. The van der Waals surface area contributed by atoms with Gasteiger partial charge in [-0.1, -0.05) is 0 Å². The Hall–Kier alpha value is -0.570. The molecule has 0 aliphatic carbocycles. The molecular formula is C10H21N3. The molecule has 1 fully saturated rings. The van der Waals surface area contributed by atoms with Crippen LogP contribution in [0, 0.1) is 5.92 Å². The van der Waals surface area contributed by atoms with Gasteiger partial charge >= 0.3 is 0 Å². The summed E-state index contributed by atoms with van der Waals surface area (Å²) >= 11 is 0. The van der Waals surface area contributed by atoms with E-state index in [0.717, 1.165) is 13.1 Å². The molecule has 1 rings (SSSR count). The zero-order valence-corrected chi connectivity index (χ0v) is 9.01. The quantitative estimate of drug-likeness (QED) is 0.528. The van der Waals surface area contributed by atoms with Crippen molar-refractivity contribution >= 4 is 5.71 Å². The van der Waals surface area contributed by atoms with E-state index in [4.69, 9.17) is 0 Å². The fourth-order valence-electron chi connectivity index (χ4n) is 1.63. The SMILES string of the molecule is CCN(C)/N=C(\C)C1CCCNC1. The van der Waals surface area contributed by atoms with Crippen molar-refractivity contribution in [2.24, 2.45) is 11.0 Å². The third kappa shape index (κ3) is 3.35. The van der Waals surface area contributed by atoms with Crippen molar-refractivity contribution in [3.8, 4) is 0 Å². The van der Waals surface area contributed by atoms with Gasteiger partial charge in [-0.15, -0.1) is 0 Å². The second kappa shape index (κ2) is 5.22. The molecule has 3 nitrogen and oxygen atoms in total. The van der Waals surface area contributed by atoms with Crippen LogP contribution in [0.25, 0.3) is 0 Å². The average molecular weight is 183 g/mol. The molecule has 1 aliphatic rings. The minimum absolute atomic E-state index is 0.655. The Kier molecular flexibility index (Phi) is 4.22. The highest BCUT2D eigenvalue weighted by Crippen LogP contribution is 2.12. The Morgan fingerprint density at radius 2 is 2.38 bits per heavy atom. The standard InChI is InChI=1S/C10H21N3/c1-4-13(3)12-9(2)10-6-5-7-11-8-10/h10-11H,4-8H2,1-3H3/b12-9+. The Morgan fingerprint density at radius 1 is 1.62 bits per heavy atom. The Labute approximate surface area is 81.2 Å². The molecule has 0 amide bonds. The second-order valence-corrected chi connectivity index (χ2v) is 3.76. The molecule has 1 saturated heterocycles. The van der Waals surface area contributed by atoms with Crippen molar-refractivity contribution in [2.75, 3.05) is 26.7 Å². The molecule has 1 unspecified atom stereocenters. The van der Waals surface area contributed by atoms with E-state index in [-0.39, 0.29) is 0 Å². The monoisotopic (exact) mass is 183 g/mol. The van der Waals surface area contributed by atoms with Gasteiger partial charge in [0.2, 0.25) is 0 Å². The van der Waals surface area contributed by atoms with Crippen LogP contribution in [0.2, 0.25) is 0 Å². The van der Waals surface area contributed by atoms with Crippen LogP contribution < -0.4 is 5.32 Å². The largest absolute Gasteiger partial charge is 0.316 e. The first-order chi connectivity index (χ1) is 6.24. The summed E-state index contributed by atoms with van der Waals surface area (Å²) in [5.74, 6) is 0.655. The zero-order valence-electron chi connectivity index (χ0n) is 9.01. The predicted octanol–water partition coefficient (Wildman–Crippen LogP) is 1.31. The first-order valence-electron chi connectivity index (χ1n) is 5.21. The minimum atomic E-state index is 0.655. The van der Waals surface area contributed by atoms with Gasteiger partial charge in [0.15, 0.2) is 0 Å². The Bertz CT molecular complexity index is 171. The van der Waals surface area contributed by atoms with Crippen LogP contribution in [-0.2, 0) is 0 Å². The normalized spacial score (nSPS) is 24.5. The van der Waals surface area contributed by atoms with E-state index in [1.165, 1.54) is 25.1 Å². The lowest BCUT2D eigenvalue weighted by molar-refractivity contribution is 0.365. The van der Waals surface area contributed by atoms with Crippen LogP contribution >= 0.6 is 0 Å². The minimum Gasteiger partial charge on any atom is -0.316 e. The van der Waals surface area contributed by atoms with Crippen LogP contribution in [0.4, 0.5) is 0 Å². The van der Waals surface area contributed by atoms with Crippen molar-refractivity contribution in [3.05, 3.63) is 0 Å². The highest BCUT2D eigenvalue weighted by molar-refractivity contribution is 5.84. The summed E-state index contributed by atoms with van der Waals surface area (Å²) in [6, 6.07) is 0. The predicted molar refractivity (Wildman–Crippen MR) is 57.0 cm³/mol. The highest BCUT2D eigenvalue weighted by atomic mass is 15.4. The summed E-state index contributed by atoms with van der Waals surface area (Å²) in [4.78, 5) is 0. The molecule has 0 saturated carbocycles. The van der Waals surface area contributed by atoms with E-state index in [0.29, 0.717) is 5.92 Å². The summed E-state index contributed by atoms with van der Waals surface area (Å²) in [6.07, 6.45) is 2.58. The summed E-state index contributed by atoms with van der Waals surface area (Å²) in [5, 5.41) is 9.94. The maximum Gasteiger partial charge on any atom is 0.0393 e. The van der Waals surface area contributed by atoms with E-state index in [9.17, 15) is 0 Å². The molecule has 1 N–H and O–H groups in total. The van der Waals surface area contributed by atoms with E-state index in [1.54, 1.807) is 0 Å². The number of nitrogens with zero attached hydrogens (tertiary/aromatic N) is 2. The summed E-state index contributed by atoms with van der Waals surface area (Å²) in [6.45, 7) is 7.53. The van der Waals surface area contributed by atoms with Gasteiger partial charge in [-0.3, -0.25) is 0 Å². The number of hydrogen-bond donors (Lipinski definition) is 1. The van der Waals surface area contributed by atoms with Crippen molar-refractivity contribution in [1.29, 1.82) is 0 Å². The molecular weight excluding hydrogens is 162 g/mol. The lowest BCUT2D eigenvalue weighted by Gasteiger charge is -2.23. The fraction of sp³-hybridized carbons (Fsp3) is 0.900. The lowest BCUT2D eigenvalue weighted by Crippen LogP contribution is -2.34. The summed E-state index contributed by atoms with van der Waals surface area (Å²) < 4.78 is 0. The molecule has 13 heavy (non-hydrogen) atoms. The van der Waals surface area contributed by atoms with Gasteiger partial charge in [0.25, 0.3) is 0 Å². The van der Waals surface area contributed by atoms with Crippen molar-refractivity contribution in [1.82, 2.24) is 10.3 Å². The van der Waals surface area contributed by atoms with Crippen molar-refractivity contribution in [3.63, 3.8) is 0 Å². The van der Waals surface area contributed by atoms with Gasteiger partial charge in [-0.2, -0.15) is 5.10 Å². The molecule has 1 atom stereocenters. The van der Waals surface area contributed by atoms with Crippen LogP contribution in [-0.4, -0.2) is 37.4 Å². The lowest BCUT2D eigenvalue weighted by atomic mass is 9.95. The zero-order chi connectivity index (χ0) is 9.68. The Morgan fingerprint density at radius 3 is 2.92 bits per heavy atom. The molecule has 0 aromatic carbocycles. The maximum atomic E-state index is 4.53. The number of hydrazone groups is 1. The second-order valence-electron chi connectivity index (χ2n) is 3.76. The van der Waals surface area contributed by atoms with E-state index in [2.05, 4.69) is 24.3 Å². The molecule has 76 valence electrons. The van der Waals surface area contributed by atoms with Gasteiger partial charge < -0.3 is 10.3 Å². The first kappa shape index (κ1) is 10.5. The molecule has 0 bridgehead atoms. The van der Waals surface area contributed by atoms with Crippen LogP contribution in [0.15, 0.2) is 5.10 Å². The van der Waals surface area contributed by atoms with E-state index < -0.39 is 0 Å². The molecule has 1 heterocycles. The van der Waals surface area contributed by atoms with Crippen molar-refractivity contribution in [2.45, 2.75) is 26.7 Å². The van der Waals surface area contributed by atoms with E-state index >= 15 is 0 Å². The van der Waals surface area contributed by atoms with Gasteiger partial charge in [0, 0.05) is 31.8 Å². The van der Waals surface area contributed by atoms with E-state index in [1.807, 2.05) is 12.1 Å². The number of piperidine rings is 1. The van der Waals surface area contributed by atoms with Gasteiger partial charge in [0.1, 0.15) is 0 Å². The topological polar surface area (TPSA) is 27.6 Å². The molecule has 0 spiro atoms. The van der Waals surface area contributed by atoms with Gasteiger partial charge in [-0.05, 0) is 33.2 Å². The third-order valence-electron chi connectivity index (χ3n) is 2.67. The van der Waals surface area contributed by atoms with Crippen LogP contribution in [0.1, 0.15) is 26.7 Å². The number of rotatable bonds is 3. The van der Waals surface area contributed by atoms with Crippen LogP contribution in [0.3, 0.4) is 0 Å². The van der Waals surface area contributed by atoms with Crippen molar-refractivity contribution < 1.29 is 0 Å². The maximum absolute atomic E-state index is 4.53. The number of hydrogen-bond acceptors (Lipinski definition) is 3. The molecule has 3 heteroatoms. The molecule has 0 radical (unpaired) electrons. The smallest absolute Gasteiger partial charge is 0.0393 e.